The monoisotopic (exact) mass is 294 g/mol. The third-order valence-corrected chi connectivity index (χ3v) is 3.98. The first-order valence-corrected chi connectivity index (χ1v) is 6.94. The first-order chi connectivity index (χ1) is 10.2. The number of nitro groups is 1. The lowest BCUT2D eigenvalue weighted by molar-refractivity contribution is -0.385. The highest BCUT2D eigenvalue weighted by molar-refractivity contribution is 5.64. The van der Waals surface area contributed by atoms with Crippen LogP contribution >= 0.6 is 0 Å². The number of hydrogen-bond acceptors (Lipinski definition) is 8. The van der Waals surface area contributed by atoms with Gasteiger partial charge in [0, 0.05) is 45.3 Å². The van der Waals surface area contributed by atoms with Gasteiger partial charge < -0.3 is 15.0 Å². The molecular weight excluding hydrogens is 276 g/mol. The van der Waals surface area contributed by atoms with Crippen molar-refractivity contribution in [1.82, 2.24) is 20.2 Å². The molecule has 2 fully saturated rings. The van der Waals surface area contributed by atoms with E-state index in [0.717, 1.165) is 39.3 Å². The van der Waals surface area contributed by atoms with E-state index in [0.29, 0.717) is 11.9 Å². The molecule has 0 saturated carbocycles. The highest BCUT2D eigenvalue weighted by Crippen LogP contribution is 2.35. The number of aromatic nitrogens is 2. The van der Waals surface area contributed by atoms with Gasteiger partial charge in [0.25, 0.3) is 5.88 Å². The van der Waals surface area contributed by atoms with Crippen LogP contribution in [-0.4, -0.2) is 72.2 Å². The number of nitrogens with one attached hydrogen (secondary N) is 1. The Morgan fingerprint density at radius 1 is 1.38 bits per heavy atom. The summed E-state index contributed by atoms with van der Waals surface area (Å²) >= 11 is 0. The lowest BCUT2D eigenvalue weighted by atomic mass is 10.1. The van der Waals surface area contributed by atoms with Gasteiger partial charge in [0.1, 0.15) is 6.33 Å². The summed E-state index contributed by atoms with van der Waals surface area (Å²) in [4.78, 5) is 23.0. The summed E-state index contributed by atoms with van der Waals surface area (Å²) in [6.07, 6.45) is 1.30. The SMILES string of the molecule is COc1ncnc(N2CC(N3CCNCC3)C2)c1[N+](=O)[O-]. The predicted molar refractivity (Wildman–Crippen MR) is 75.7 cm³/mol. The van der Waals surface area contributed by atoms with Crippen LogP contribution in [0.5, 0.6) is 5.88 Å². The number of nitrogens with zero attached hydrogens (tertiary/aromatic N) is 5. The van der Waals surface area contributed by atoms with Gasteiger partial charge in [-0.3, -0.25) is 15.0 Å². The van der Waals surface area contributed by atoms with Crippen LogP contribution in [0.15, 0.2) is 6.33 Å². The van der Waals surface area contributed by atoms with Crippen LogP contribution in [0.4, 0.5) is 11.5 Å². The van der Waals surface area contributed by atoms with Gasteiger partial charge in [-0.05, 0) is 0 Å². The highest BCUT2D eigenvalue weighted by atomic mass is 16.6. The molecule has 0 aliphatic carbocycles. The Bertz CT molecular complexity index is 528. The molecule has 3 heterocycles. The predicted octanol–water partition coefficient (Wildman–Crippen LogP) is -0.513. The maximum absolute atomic E-state index is 11.2. The van der Waals surface area contributed by atoms with Gasteiger partial charge in [-0.25, -0.2) is 4.98 Å². The third-order valence-electron chi connectivity index (χ3n) is 3.98. The Labute approximate surface area is 122 Å². The van der Waals surface area contributed by atoms with E-state index in [1.54, 1.807) is 0 Å². The molecule has 114 valence electrons. The van der Waals surface area contributed by atoms with Crippen molar-refractivity contribution < 1.29 is 9.66 Å². The molecule has 0 atom stereocenters. The molecule has 0 amide bonds. The maximum Gasteiger partial charge on any atom is 0.372 e. The van der Waals surface area contributed by atoms with E-state index in [1.807, 2.05) is 4.90 Å². The summed E-state index contributed by atoms with van der Waals surface area (Å²) in [5.74, 6) is 0.355. The van der Waals surface area contributed by atoms with E-state index in [2.05, 4.69) is 20.2 Å². The van der Waals surface area contributed by atoms with E-state index in [9.17, 15) is 10.1 Å². The zero-order valence-electron chi connectivity index (χ0n) is 11.9. The lowest BCUT2D eigenvalue weighted by Gasteiger charge is -2.46. The molecule has 2 saturated heterocycles. The largest absolute Gasteiger partial charge is 0.476 e. The van der Waals surface area contributed by atoms with Crippen LogP contribution in [0.2, 0.25) is 0 Å². The first kappa shape index (κ1) is 14.0. The molecule has 3 rings (SSSR count). The summed E-state index contributed by atoms with van der Waals surface area (Å²) < 4.78 is 4.97. The molecule has 0 radical (unpaired) electrons. The molecule has 0 unspecified atom stereocenters. The fraction of sp³-hybridized carbons (Fsp3) is 0.667. The van der Waals surface area contributed by atoms with Crippen LogP contribution in [-0.2, 0) is 0 Å². The minimum atomic E-state index is -0.480. The first-order valence-electron chi connectivity index (χ1n) is 6.94. The molecule has 2 aliphatic rings. The molecule has 2 aliphatic heterocycles. The Kier molecular flexibility index (Phi) is 3.84. The fourth-order valence-electron chi connectivity index (χ4n) is 2.80. The smallest absolute Gasteiger partial charge is 0.372 e. The van der Waals surface area contributed by atoms with E-state index in [4.69, 9.17) is 4.74 Å². The molecule has 9 nitrogen and oxygen atoms in total. The average Bonchev–Trinajstić information content (AvgIpc) is 2.46. The minimum absolute atomic E-state index is 0.00984. The van der Waals surface area contributed by atoms with Crippen molar-refractivity contribution in [2.45, 2.75) is 6.04 Å². The molecule has 9 heteroatoms. The van der Waals surface area contributed by atoms with Crippen LogP contribution in [0.25, 0.3) is 0 Å². The Morgan fingerprint density at radius 2 is 2.10 bits per heavy atom. The molecule has 1 aromatic rings. The summed E-state index contributed by atoms with van der Waals surface area (Å²) in [5, 5.41) is 14.5. The molecule has 1 aromatic heterocycles. The molecule has 0 aromatic carbocycles. The number of rotatable bonds is 4. The number of piperazine rings is 1. The lowest BCUT2D eigenvalue weighted by Crippen LogP contribution is -2.63. The quantitative estimate of drug-likeness (QED) is 0.586. The Hall–Kier alpha value is -2.00. The number of anilines is 1. The third kappa shape index (κ3) is 2.61. The second kappa shape index (κ2) is 5.78. The fourth-order valence-corrected chi connectivity index (χ4v) is 2.80. The minimum Gasteiger partial charge on any atom is -0.476 e. The molecule has 0 spiro atoms. The van der Waals surface area contributed by atoms with Gasteiger partial charge in [-0.15, -0.1) is 0 Å². The standard InChI is InChI=1S/C12H18N6O3/c1-21-12-10(18(19)20)11(14-8-15-12)17-6-9(7-17)16-4-2-13-3-5-16/h8-9,13H,2-7H2,1H3. The summed E-state index contributed by atoms with van der Waals surface area (Å²) in [7, 11) is 1.37. The molecular formula is C12H18N6O3. The second-order valence-electron chi connectivity index (χ2n) is 5.16. The van der Waals surface area contributed by atoms with E-state index < -0.39 is 4.92 Å². The van der Waals surface area contributed by atoms with Crippen molar-refractivity contribution in [3.05, 3.63) is 16.4 Å². The average molecular weight is 294 g/mol. The van der Waals surface area contributed by atoms with Crippen molar-refractivity contribution >= 4 is 11.5 Å². The van der Waals surface area contributed by atoms with Gasteiger partial charge in [-0.2, -0.15) is 4.98 Å². The van der Waals surface area contributed by atoms with Gasteiger partial charge in [0.2, 0.25) is 5.82 Å². The zero-order chi connectivity index (χ0) is 14.8. The van der Waals surface area contributed by atoms with E-state index in [-0.39, 0.29) is 11.6 Å². The van der Waals surface area contributed by atoms with E-state index in [1.165, 1.54) is 13.4 Å². The van der Waals surface area contributed by atoms with Crippen molar-refractivity contribution in [2.24, 2.45) is 0 Å². The van der Waals surface area contributed by atoms with Gasteiger partial charge in [-0.1, -0.05) is 0 Å². The number of hydrogen-bond donors (Lipinski definition) is 1. The van der Waals surface area contributed by atoms with Crippen LogP contribution in [0.3, 0.4) is 0 Å². The van der Waals surface area contributed by atoms with Crippen molar-refractivity contribution in [2.75, 3.05) is 51.3 Å². The Balaban J connectivity index is 1.73. The zero-order valence-corrected chi connectivity index (χ0v) is 11.9. The summed E-state index contributed by atoms with van der Waals surface area (Å²) in [6.45, 7) is 5.54. The van der Waals surface area contributed by atoms with E-state index >= 15 is 0 Å². The highest BCUT2D eigenvalue weighted by Gasteiger charge is 2.38. The van der Waals surface area contributed by atoms with Gasteiger partial charge >= 0.3 is 5.69 Å². The molecule has 1 N–H and O–H groups in total. The number of ether oxygens (including phenoxy) is 1. The van der Waals surface area contributed by atoms with Crippen molar-refractivity contribution in [3.63, 3.8) is 0 Å². The van der Waals surface area contributed by atoms with Crippen LogP contribution < -0.4 is 15.0 Å². The molecule has 0 bridgehead atoms. The van der Waals surface area contributed by atoms with Gasteiger partial charge in [0.05, 0.1) is 12.0 Å². The normalized spacial score (nSPS) is 20.1. The maximum atomic E-state index is 11.2. The van der Waals surface area contributed by atoms with Gasteiger partial charge in [0.15, 0.2) is 0 Å². The second-order valence-corrected chi connectivity index (χ2v) is 5.16. The van der Waals surface area contributed by atoms with Crippen LogP contribution in [0, 0.1) is 10.1 Å². The summed E-state index contributed by atoms with van der Waals surface area (Å²) in [5.41, 5.74) is -0.154. The van der Waals surface area contributed by atoms with Crippen molar-refractivity contribution in [3.8, 4) is 5.88 Å². The van der Waals surface area contributed by atoms with Crippen LogP contribution in [0.1, 0.15) is 0 Å². The number of methoxy groups -OCH3 is 1. The van der Waals surface area contributed by atoms with Crippen molar-refractivity contribution in [1.29, 1.82) is 0 Å². The Morgan fingerprint density at radius 3 is 2.71 bits per heavy atom. The topological polar surface area (TPSA) is 96.7 Å². The molecule has 21 heavy (non-hydrogen) atoms. The summed E-state index contributed by atoms with van der Waals surface area (Å²) in [6, 6.07) is 0.438.